The summed E-state index contributed by atoms with van der Waals surface area (Å²) in [6.45, 7) is 2.45. The van der Waals surface area contributed by atoms with Crippen molar-refractivity contribution in [1.82, 2.24) is 0 Å². The van der Waals surface area contributed by atoms with Crippen molar-refractivity contribution in [3.8, 4) is 11.1 Å². The Morgan fingerprint density at radius 1 is 0.529 bits per heavy atom. The number of hydrogen-bond donors (Lipinski definition) is 0. The van der Waals surface area contributed by atoms with E-state index in [4.69, 9.17) is 0 Å². The van der Waals surface area contributed by atoms with Crippen LogP contribution in [0, 0.1) is 27.2 Å². The van der Waals surface area contributed by atoms with Crippen LogP contribution in [0.4, 0.5) is 0 Å². The fraction of sp³-hybridized carbons (Fsp3) is 0.240. The van der Waals surface area contributed by atoms with Gasteiger partial charge in [-0.15, -0.1) is 0 Å². The lowest BCUT2D eigenvalue weighted by atomic mass is 9.43. The van der Waals surface area contributed by atoms with Crippen LogP contribution >= 0.6 is 22.6 Å². The molecule has 0 heterocycles. The van der Waals surface area contributed by atoms with Crippen molar-refractivity contribution in [2.24, 2.45) is 23.7 Å². The van der Waals surface area contributed by atoms with E-state index in [1.807, 2.05) is 0 Å². The molecule has 1 heteroatoms. The van der Waals surface area contributed by atoms with E-state index in [9.17, 15) is 0 Å². The minimum Gasteiger partial charge on any atom is -0.0616 e. The van der Waals surface area contributed by atoms with Crippen molar-refractivity contribution in [1.29, 1.82) is 0 Å². The van der Waals surface area contributed by atoms with E-state index in [0.717, 1.165) is 23.7 Å². The minimum atomic E-state index is 0.0973. The normalized spacial score (nSPS) is 25.1. The van der Waals surface area contributed by atoms with Crippen molar-refractivity contribution in [3.05, 3.63) is 153 Å². The van der Waals surface area contributed by atoms with Crippen molar-refractivity contribution in [2.75, 3.05) is 0 Å². The molecule has 8 aromatic carbocycles. The van der Waals surface area contributed by atoms with Crippen LogP contribution in [-0.4, -0.2) is 0 Å². The van der Waals surface area contributed by atoms with E-state index < -0.39 is 0 Å². The molecule has 8 aromatic rings. The van der Waals surface area contributed by atoms with E-state index in [1.165, 1.54) is 106 Å². The third-order valence-corrected chi connectivity index (χ3v) is 15.5. The first-order valence-corrected chi connectivity index (χ1v) is 20.3. The first-order chi connectivity index (χ1) is 25.1. The highest BCUT2D eigenvalue weighted by atomic mass is 127. The van der Waals surface area contributed by atoms with Gasteiger partial charge in [0.1, 0.15) is 0 Å². The number of hydrogen-bond acceptors (Lipinski definition) is 0. The van der Waals surface area contributed by atoms with Gasteiger partial charge in [0.15, 0.2) is 0 Å². The van der Waals surface area contributed by atoms with Crippen molar-refractivity contribution in [3.63, 3.8) is 0 Å². The second-order valence-electron chi connectivity index (χ2n) is 16.6. The smallest absolute Gasteiger partial charge is 0.0287 e. The van der Waals surface area contributed by atoms with Gasteiger partial charge in [-0.3, -0.25) is 0 Å². The third-order valence-electron chi connectivity index (χ3n) is 14.3. The third kappa shape index (κ3) is 3.76. The molecule has 0 N–H and O–H groups in total. The summed E-state index contributed by atoms with van der Waals surface area (Å²) in [6.07, 6.45) is 7.07. The molecule has 0 amide bonds. The van der Waals surface area contributed by atoms with Crippen LogP contribution in [0.15, 0.2) is 127 Å². The van der Waals surface area contributed by atoms with Gasteiger partial charge in [0.25, 0.3) is 0 Å². The molecule has 5 aliphatic rings. The molecule has 5 aliphatic carbocycles. The monoisotopic (exact) mass is 766 g/mol. The standard InChI is InChI=1S/C50H39I/c1-28(46-38-13-5-8-16-41(38)49(51)42-17-9-6-14-39(42)46)31-18-19-37-36-12-4-7-15-40(36)48-47(43(37)25-31)44-26-32-10-2-3-11-33(32)27-45(44)50(48)34-21-29-20-30(23-34)24-35(50)22-29/h2-19,25-30,34-35H,20-24H2,1H3. The van der Waals surface area contributed by atoms with Crippen LogP contribution < -0.4 is 0 Å². The lowest BCUT2D eigenvalue weighted by Gasteiger charge is -2.61. The summed E-state index contributed by atoms with van der Waals surface area (Å²) in [5.74, 6) is 3.52. The highest BCUT2D eigenvalue weighted by molar-refractivity contribution is 14.1. The highest BCUT2D eigenvalue weighted by Crippen LogP contribution is 2.71. The van der Waals surface area contributed by atoms with E-state index in [0.29, 0.717) is 0 Å². The Labute approximate surface area is 313 Å². The Balaban J connectivity index is 1.19. The lowest BCUT2D eigenvalue weighted by Crippen LogP contribution is -2.55. The number of rotatable bonds is 2. The van der Waals surface area contributed by atoms with Gasteiger partial charge >= 0.3 is 0 Å². The molecule has 1 atom stereocenters. The molecule has 0 radical (unpaired) electrons. The Bertz CT molecular complexity index is 2720. The molecular weight excluding hydrogens is 727 g/mol. The summed E-state index contributed by atoms with van der Waals surface area (Å²) >= 11 is 2.57. The van der Waals surface area contributed by atoms with Gasteiger partial charge in [0, 0.05) is 14.9 Å². The fourth-order valence-corrected chi connectivity index (χ4v) is 13.6. The van der Waals surface area contributed by atoms with Crippen LogP contribution in [0.5, 0.6) is 0 Å². The summed E-state index contributed by atoms with van der Waals surface area (Å²) in [7, 11) is 0. The zero-order valence-electron chi connectivity index (χ0n) is 28.9. The molecule has 0 saturated heterocycles. The van der Waals surface area contributed by atoms with Gasteiger partial charge in [-0.1, -0.05) is 116 Å². The molecule has 13 rings (SSSR count). The quantitative estimate of drug-likeness (QED) is 0.0934. The molecule has 0 aromatic heterocycles. The highest BCUT2D eigenvalue weighted by Gasteiger charge is 2.62. The maximum Gasteiger partial charge on any atom is 0.0287 e. The van der Waals surface area contributed by atoms with Crippen molar-refractivity contribution in [2.45, 2.75) is 50.4 Å². The summed E-state index contributed by atoms with van der Waals surface area (Å²) in [6, 6.07) is 49.6. The summed E-state index contributed by atoms with van der Waals surface area (Å²) in [4.78, 5) is 0. The number of fused-ring (bicyclic) bond motifs is 11. The zero-order valence-corrected chi connectivity index (χ0v) is 31.1. The molecule has 0 aliphatic heterocycles. The number of halogens is 1. The zero-order chi connectivity index (χ0) is 33.6. The molecule has 4 fully saturated rings. The van der Waals surface area contributed by atoms with Crippen LogP contribution in [0.25, 0.3) is 65.0 Å². The first kappa shape index (κ1) is 29.4. The van der Waals surface area contributed by atoms with E-state index in [1.54, 1.807) is 16.7 Å². The second-order valence-corrected chi connectivity index (χ2v) is 17.6. The van der Waals surface area contributed by atoms with E-state index in [2.05, 4.69) is 157 Å². The van der Waals surface area contributed by atoms with Crippen LogP contribution in [0.1, 0.15) is 67.2 Å². The largest absolute Gasteiger partial charge is 0.0616 e. The number of benzene rings is 8. The molecule has 1 unspecified atom stereocenters. The van der Waals surface area contributed by atoms with Gasteiger partial charge in [0.2, 0.25) is 0 Å². The van der Waals surface area contributed by atoms with Gasteiger partial charge in [-0.25, -0.2) is 0 Å². The molecule has 51 heavy (non-hydrogen) atoms. The predicted octanol–water partition coefficient (Wildman–Crippen LogP) is 13.9. The van der Waals surface area contributed by atoms with E-state index >= 15 is 0 Å². The molecule has 4 bridgehead atoms. The van der Waals surface area contributed by atoms with Gasteiger partial charge in [-0.2, -0.15) is 0 Å². The Morgan fingerprint density at radius 2 is 1.06 bits per heavy atom. The van der Waals surface area contributed by atoms with Gasteiger partial charge < -0.3 is 0 Å². The Morgan fingerprint density at radius 3 is 1.71 bits per heavy atom. The predicted molar refractivity (Wildman–Crippen MR) is 224 cm³/mol. The summed E-state index contributed by atoms with van der Waals surface area (Å²) in [5, 5.41) is 14.0. The summed E-state index contributed by atoms with van der Waals surface area (Å²) in [5.41, 5.74) is 9.34. The average molecular weight is 767 g/mol. The molecular formula is C50H39I. The molecule has 246 valence electrons. The van der Waals surface area contributed by atoms with Crippen LogP contribution in [-0.2, 0) is 5.41 Å². The Hall–Kier alpha value is -4.21. The minimum absolute atomic E-state index is 0.0973. The SMILES string of the molecule is CC(c1ccc2c(c1)c1c(c3ccccc32)C2(c3cc4ccccc4cc3-1)C1CC3CC(C1)CC2C3)c1c2ccccc2c(I)c2ccccc12. The lowest BCUT2D eigenvalue weighted by molar-refractivity contribution is -0.0393. The second kappa shape index (κ2) is 10.4. The van der Waals surface area contributed by atoms with Crippen molar-refractivity contribution >= 4 is 76.5 Å². The Kier molecular flexibility index (Phi) is 6.02. The van der Waals surface area contributed by atoms with Crippen LogP contribution in [0.3, 0.4) is 0 Å². The summed E-state index contributed by atoms with van der Waals surface area (Å²) < 4.78 is 1.35. The fourth-order valence-electron chi connectivity index (χ4n) is 12.6. The van der Waals surface area contributed by atoms with Crippen LogP contribution in [0.2, 0.25) is 0 Å². The molecule has 0 nitrogen and oxygen atoms in total. The topological polar surface area (TPSA) is 0 Å². The first-order valence-electron chi connectivity index (χ1n) is 19.2. The van der Waals surface area contributed by atoms with Gasteiger partial charge in [0.05, 0.1) is 0 Å². The molecule has 4 saturated carbocycles. The van der Waals surface area contributed by atoms with Gasteiger partial charge in [-0.05, 0) is 184 Å². The maximum absolute atomic E-state index is 2.66. The molecule has 1 spiro atoms. The maximum atomic E-state index is 2.66. The van der Waals surface area contributed by atoms with Crippen molar-refractivity contribution < 1.29 is 0 Å². The van der Waals surface area contributed by atoms with E-state index in [-0.39, 0.29) is 11.3 Å². The average Bonchev–Trinajstić information content (AvgIpc) is 3.46.